The van der Waals surface area contributed by atoms with Crippen molar-refractivity contribution in [3.8, 4) is 0 Å². The second kappa shape index (κ2) is 8.63. The van der Waals surface area contributed by atoms with E-state index in [-0.39, 0.29) is 10.5 Å². The van der Waals surface area contributed by atoms with Crippen molar-refractivity contribution in [3.05, 3.63) is 51.2 Å². The molecule has 10 heteroatoms. The maximum atomic E-state index is 12.5. The standard InChI is InChI=1S/C16H18ClN3O4S2/c1-3-20(4-2)26(23,24)12-7-5-6-11(10-12)15(21)18-19-16(22)13-8-9-14(17)25-13/h5-10H,3-4H2,1-2H3,(H,18,21)(H,19,22). The summed E-state index contributed by atoms with van der Waals surface area (Å²) < 4.78 is 26.8. The van der Waals surface area contributed by atoms with E-state index in [9.17, 15) is 18.0 Å². The molecule has 1 heterocycles. The van der Waals surface area contributed by atoms with Crippen LogP contribution in [0, 0.1) is 0 Å². The Labute approximate surface area is 161 Å². The highest BCUT2D eigenvalue weighted by Crippen LogP contribution is 2.21. The molecule has 1 aromatic heterocycles. The molecule has 0 aliphatic heterocycles. The van der Waals surface area contributed by atoms with E-state index in [0.29, 0.717) is 22.3 Å². The molecule has 140 valence electrons. The summed E-state index contributed by atoms with van der Waals surface area (Å²) in [4.78, 5) is 24.5. The van der Waals surface area contributed by atoms with Gasteiger partial charge in [-0.15, -0.1) is 11.3 Å². The second-order valence-electron chi connectivity index (χ2n) is 5.13. The summed E-state index contributed by atoms with van der Waals surface area (Å²) in [6, 6.07) is 8.75. The normalized spacial score (nSPS) is 11.4. The number of hydrazine groups is 1. The highest BCUT2D eigenvalue weighted by Gasteiger charge is 2.22. The van der Waals surface area contributed by atoms with Crippen molar-refractivity contribution >= 4 is 44.8 Å². The third-order valence-corrected chi connectivity index (χ3v) is 6.80. The number of carbonyl (C=O) groups excluding carboxylic acids is 2. The van der Waals surface area contributed by atoms with Gasteiger partial charge >= 0.3 is 0 Å². The Hall–Kier alpha value is -1.94. The SMILES string of the molecule is CCN(CC)S(=O)(=O)c1cccc(C(=O)NNC(=O)c2ccc(Cl)s2)c1. The molecular formula is C16H18ClN3O4S2. The molecule has 0 spiro atoms. The molecule has 2 amide bonds. The van der Waals surface area contributed by atoms with Gasteiger partial charge in [0.2, 0.25) is 10.0 Å². The summed E-state index contributed by atoms with van der Waals surface area (Å²) in [5.41, 5.74) is 4.64. The van der Waals surface area contributed by atoms with Crippen LogP contribution in [0.15, 0.2) is 41.3 Å². The molecule has 0 radical (unpaired) electrons. The van der Waals surface area contributed by atoms with Gasteiger partial charge in [-0.1, -0.05) is 31.5 Å². The number of hydrogen-bond donors (Lipinski definition) is 2. The predicted molar refractivity (Wildman–Crippen MR) is 101 cm³/mol. The number of carbonyl (C=O) groups is 2. The summed E-state index contributed by atoms with van der Waals surface area (Å²) in [6.45, 7) is 4.14. The molecule has 2 N–H and O–H groups in total. The Kier molecular flexibility index (Phi) is 6.76. The van der Waals surface area contributed by atoms with Crippen LogP contribution in [0.4, 0.5) is 0 Å². The number of amides is 2. The Morgan fingerprint density at radius 1 is 1.08 bits per heavy atom. The quantitative estimate of drug-likeness (QED) is 0.708. The maximum absolute atomic E-state index is 12.5. The van der Waals surface area contributed by atoms with Crippen molar-refractivity contribution < 1.29 is 18.0 Å². The minimum atomic E-state index is -3.68. The van der Waals surface area contributed by atoms with E-state index >= 15 is 0 Å². The van der Waals surface area contributed by atoms with Gasteiger partial charge in [-0.3, -0.25) is 20.4 Å². The van der Waals surface area contributed by atoms with Gasteiger partial charge in [0.25, 0.3) is 11.8 Å². The number of halogens is 1. The molecule has 1 aromatic carbocycles. The Morgan fingerprint density at radius 2 is 1.73 bits per heavy atom. The summed E-state index contributed by atoms with van der Waals surface area (Å²) >= 11 is 6.84. The number of hydrogen-bond acceptors (Lipinski definition) is 5. The fraction of sp³-hybridized carbons (Fsp3) is 0.250. The zero-order chi connectivity index (χ0) is 19.3. The lowest BCUT2D eigenvalue weighted by Gasteiger charge is -2.18. The molecule has 0 atom stereocenters. The van der Waals surface area contributed by atoms with Crippen LogP contribution in [-0.4, -0.2) is 37.6 Å². The lowest BCUT2D eigenvalue weighted by atomic mass is 10.2. The van der Waals surface area contributed by atoms with E-state index in [1.54, 1.807) is 19.9 Å². The molecule has 0 saturated carbocycles. The minimum Gasteiger partial charge on any atom is -0.267 e. The van der Waals surface area contributed by atoms with Gasteiger partial charge in [0.1, 0.15) is 0 Å². The highest BCUT2D eigenvalue weighted by molar-refractivity contribution is 7.89. The van der Waals surface area contributed by atoms with Crippen LogP contribution in [0.2, 0.25) is 4.34 Å². The summed E-state index contributed by atoms with van der Waals surface area (Å²) in [5, 5.41) is 0. The second-order valence-corrected chi connectivity index (χ2v) is 8.78. The molecule has 2 rings (SSSR count). The Morgan fingerprint density at radius 3 is 2.31 bits per heavy atom. The number of nitrogens with zero attached hydrogens (tertiary/aromatic N) is 1. The van der Waals surface area contributed by atoms with Crippen molar-refractivity contribution in [3.63, 3.8) is 0 Å². The third kappa shape index (κ3) is 4.61. The van der Waals surface area contributed by atoms with Crippen LogP contribution < -0.4 is 10.9 Å². The van der Waals surface area contributed by atoms with Crippen molar-refractivity contribution in [2.24, 2.45) is 0 Å². The number of sulfonamides is 1. The predicted octanol–water partition coefficient (Wildman–Crippen LogP) is 2.51. The van der Waals surface area contributed by atoms with E-state index in [0.717, 1.165) is 11.3 Å². The van der Waals surface area contributed by atoms with E-state index in [1.807, 2.05) is 0 Å². The molecule has 0 bridgehead atoms. The zero-order valence-electron chi connectivity index (χ0n) is 14.2. The number of rotatable bonds is 6. The molecule has 0 saturated heterocycles. The molecule has 0 fully saturated rings. The van der Waals surface area contributed by atoms with E-state index in [4.69, 9.17) is 11.6 Å². The number of thiophene rings is 1. The lowest BCUT2D eigenvalue weighted by molar-refractivity contribution is 0.0849. The van der Waals surface area contributed by atoms with Crippen molar-refractivity contribution in [2.75, 3.05) is 13.1 Å². The molecule has 2 aromatic rings. The maximum Gasteiger partial charge on any atom is 0.279 e. The molecule has 0 aliphatic rings. The number of nitrogens with one attached hydrogen (secondary N) is 2. The van der Waals surface area contributed by atoms with Gasteiger partial charge in [0, 0.05) is 18.7 Å². The van der Waals surface area contributed by atoms with Gasteiger partial charge in [0.15, 0.2) is 0 Å². The van der Waals surface area contributed by atoms with Crippen LogP contribution in [0.1, 0.15) is 33.9 Å². The Bertz CT molecular complexity index is 908. The van der Waals surface area contributed by atoms with Gasteiger partial charge < -0.3 is 0 Å². The highest BCUT2D eigenvalue weighted by atomic mass is 35.5. The smallest absolute Gasteiger partial charge is 0.267 e. The zero-order valence-corrected chi connectivity index (χ0v) is 16.5. The van der Waals surface area contributed by atoms with Gasteiger partial charge in [-0.2, -0.15) is 4.31 Å². The number of benzene rings is 1. The van der Waals surface area contributed by atoms with Gasteiger partial charge in [0.05, 0.1) is 14.1 Å². The largest absolute Gasteiger partial charge is 0.279 e. The first kappa shape index (κ1) is 20.4. The average Bonchev–Trinajstić information content (AvgIpc) is 3.07. The molecule has 7 nitrogen and oxygen atoms in total. The van der Waals surface area contributed by atoms with Crippen LogP contribution >= 0.6 is 22.9 Å². The first-order valence-electron chi connectivity index (χ1n) is 7.75. The van der Waals surface area contributed by atoms with Gasteiger partial charge in [-0.25, -0.2) is 8.42 Å². The monoisotopic (exact) mass is 415 g/mol. The fourth-order valence-electron chi connectivity index (χ4n) is 2.19. The first-order chi connectivity index (χ1) is 12.3. The Balaban J connectivity index is 2.12. The minimum absolute atomic E-state index is 0.0187. The third-order valence-electron chi connectivity index (χ3n) is 3.53. The topological polar surface area (TPSA) is 95.6 Å². The van der Waals surface area contributed by atoms with Crippen LogP contribution in [0.5, 0.6) is 0 Å². The van der Waals surface area contributed by atoms with Gasteiger partial charge in [-0.05, 0) is 30.3 Å². The van der Waals surface area contributed by atoms with Crippen molar-refractivity contribution in [2.45, 2.75) is 18.7 Å². The fourth-order valence-corrected chi connectivity index (χ4v) is 4.64. The average molecular weight is 416 g/mol. The van der Waals surface area contributed by atoms with Crippen LogP contribution in [0.25, 0.3) is 0 Å². The molecule has 0 unspecified atom stereocenters. The molecule has 26 heavy (non-hydrogen) atoms. The van der Waals surface area contributed by atoms with Crippen LogP contribution in [0.3, 0.4) is 0 Å². The molecular weight excluding hydrogens is 398 g/mol. The van der Waals surface area contributed by atoms with Crippen molar-refractivity contribution in [1.82, 2.24) is 15.2 Å². The summed E-state index contributed by atoms with van der Waals surface area (Å²) in [6.07, 6.45) is 0. The first-order valence-corrected chi connectivity index (χ1v) is 10.4. The van der Waals surface area contributed by atoms with Crippen molar-refractivity contribution in [1.29, 1.82) is 0 Å². The molecule has 0 aliphatic carbocycles. The van der Waals surface area contributed by atoms with E-state index < -0.39 is 21.8 Å². The lowest BCUT2D eigenvalue weighted by Crippen LogP contribution is -2.41. The van der Waals surface area contributed by atoms with E-state index in [2.05, 4.69) is 10.9 Å². The van der Waals surface area contributed by atoms with Crippen LogP contribution in [-0.2, 0) is 10.0 Å². The van der Waals surface area contributed by atoms with E-state index in [1.165, 1.54) is 34.6 Å². The summed E-state index contributed by atoms with van der Waals surface area (Å²) in [5.74, 6) is -1.14. The summed E-state index contributed by atoms with van der Waals surface area (Å²) in [7, 11) is -3.68.